The van der Waals surface area contributed by atoms with Crippen LogP contribution in [-0.4, -0.2) is 81.2 Å². The fourth-order valence-corrected chi connectivity index (χ4v) is 4.66. The summed E-state index contributed by atoms with van der Waals surface area (Å²) in [6, 6.07) is 0.0853. The van der Waals surface area contributed by atoms with E-state index in [1.54, 1.807) is 28.8 Å². The number of nitrogens with zero attached hydrogens (tertiary/aromatic N) is 7. The Bertz CT molecular complexity index is 1180. The van der Waals surface area contributed by atoms with E-state index in [9.17, 15) is 8.42 Å². The lowest BCUT2D eigenvalue weighted by molar-refractivity contribution is 0.0160. The van der Waals surface area contributed by atoms with Crippen LogP contribution in [0.3, 0.4) is 0 Å². The van der Waals surface area contributed by atoms with Crippen molar-refractivity contribution in [3.63, 3.8) is 0 Å². The first-order valence-electron chi connectivity index (χ1n) is 10.5. The molecular formula is C19H28N8O4S. The van der Waals surface area contributed by atoms with Crippen molar-refractivity contribution in [2.24, 2.45) is 0 Å². The van der Waals surface area contributed by atoms with E-state index in [1.807, 2.05) is 20.0 Å². The SMILES string of the molecule is CCOC(C)n1cc(-c2ncn3nc(NC4CCN(S(C)(=O)=O)CC4)nc3c2OC)cn1. The number of aromatic nitrogens is 6. The number of hydrogen-bond acceptors (Lipinski definition) is 9. The van der Waals surface area contributed by atoms with E-state index in [0.717, 1.165) is 5.56 Å². The fraction of sp³-hybridized carbons (Fsp3) is 0.579. The van der Waals surface area contributed by atoms with Gasteiger partial charge in [-0.1, -0.05) is 0 Å². The molecule has 1 saturated heterocycles. The van der Waals surface area contributed by atoms with Gasteiger partial charge in [-0.2, -0.15) is 14.6 Å². The minimum absolute atomic E-state index is 0.0853. The topological polar surface area (TPSA) is 129 Å². The summed E-state index contributed by atoms with van der Waals surface area (Å²) in [6.45, 7) is 5.40. The molecule has 3 aromatic heterocycles. The van der Waals surface area contributed by atoms with E-state index < -0.39 is 10.0 Å². The fourth-order valence-electron chi connectivity index (χ4n) is 3.78. The number of anilines is 1. The Balaban J connectivity index is 1.55. The van der Waals surface area contributed by atoms with Gasteiger partial charge in [0, 0.05) is 37.5 Å². The van der Waals surface area contributed by atoms with Gasteiger partial charge in [-0.3, -0.25) is 0 Å². The van der Waals surface area contributed by atoms with Gasteiger partial charge >= 0.3 is 0 Å². The van der Waals surface area contributed by atoms with Crippen molar-refractivity contribution in [3.05, 3.63) is 18.7 Å². The lowest BCUT2D eigenvalue weighted by Gasteiger charge is -2.30. The van der Waals surface area contributed by atoms with Gasteiger partial charge < -0.3 is 14.8 Å². The predicted molar refractivity (Wildman–Crippen MR) is 118 cm³/mol. The van der Waals surface area contributed by atoms with Crippen molar-refractivity contribution in [1.82, 2.24) is 33.7 Å². The van der Waals surface area contributed by atoms with Gasteiger partial charge in [0.15, 0.2) is 5.75 Å². The molecule has 174 valence electrons. The summed E-state index contributed by atoms with van der Waals surface area (Å²) in [7, 11) is -1.59. The van der Waals surface area contributed by atoms with Gasteiger partial charge in [0.1, 0.15) is 18.2 Å². The molecule has 0 aliphatic carbocycles. The third kappa shape index (κ3) is 4.54. The Morgan fingerprint density at radius 2 is 2.06 bits per heavy atom. The third-order valence-corrected chi connectivity index (χ3v) is 6.76. The molecule has 1 aliphatic heterocycles. The lowest BCUT2D eigenvalue weighted by atomic mass is 10.1. The number of methoxy groups -OCH3 is 1. The highest BCUT2D eigenvalue weighted by molar-refractivity contribution is 7.88. The molecule has 0 amide bonds. The van der Waals surface area contributed by atoms with Gasteiger partial charge in [-0.15, -0.1) is 5.10 Å². The van der Waals surface area contributed by atoms with Crippen molar-refractivity contribution in [3.8, 4) is 17.0 Å². The van der Waals surface area contributed by atoms with E-state index in [1.165, 1.54) is 10.6 Å². The first kappa shape index (κ1) is 22.4. The average Bonchev–Trinajstić information content (AvgIpc) is 3.40. The molecular weight excluding hydrogens is 436 g/mol. The number of fused-ring (bicyclic) bond motifs is 1. The normalized spacial score (nSPS) is 17.0. The Morgan fingerprint density at radius 1 is 1.31 bits per heavy atom. The molecule has 1 unspecified atom stereocenters. The molecule has 0 saturated carbocycles. The molecule has 4 heterocycles. The van der Waals surface area contributed by atoms with Crippen LogP contribution in [-0.2, 0) is 14.8 Å². The van der Waals surface area contributed by atoms with Gasteiger partial charge in [0.2, 0.25) is 21.6 Å². The summed E-state index contributed by atoms with van der Waals surface area (Å²) in [4.78, 5) is 9.10. The molecule has 32 heavy (non-hydrogen) atoms. The Labute approximate surface area is 186 Å². The minimum atomic E-state index is -3.16. The summed E-state index contributed by atoms with van der Waals surface area (Å²) >= 11 is 0. The Kier molecular flexibility index (Phi) is 6.31. The molecule has 0 bridgehead atoms. The van der Waals surface area contributed by atoms with Crippen molar-refractivity contribution >= 4 is 21.6 Å². The Morgan fingerprint density at radius 3 is 2.72 bits per heavy atom. The number of rotatable bonds is 8. The largest absolute Gasteiger partial charge is 0.491 e. The van der Waals surface area contributed by atoms with Crippen molar-refractivity contribution in [1.29, 1.82) is 0 Å². The second kappa shape index (κ2) is 9.00. The summed E-state index contributed by atoms with van der Waals surface area (Å²) in [5.74, 6) is 0.935. The van der Waals surface area contributed by atoms with Crippen LogP contribution in [0.15, 0.2) is 18.7 Å². The molecule has 0 radical (unpaired) electrons. The van der Waals surface area contributed by atoms with Crippen LogP contribution >= 0.6 is 0 Å². The highest BCUT2D eigenvalue weighted by Crippen LogP contribution is 2.31. The zero-order valence-corrected chi connectivity index (χ0v) is 19.4. The lowest BCUT2D eigenvalue weighted by Crippen LogP contribution is -2.41. The quantitative estimate of drug-likeness (QED) is 0.526. The number of sulfonamides is 1. The van der Waals surface area contributed by atoms with E-state index in [-0.39, 0.29) is 12.3 Å². The van der Waals surface area contributed by atoms with E-state index in [4.69, 9.17) is 9.47 Å². The van der Waals surface area contributed by atoms with Crippen LogP contribution in [0, 0.1) is 0 Å². The monoisotopic (exact) mass is 464 g/mol. The highest BCUT2D eigenvalue weighted by Gasteiger charge is 2.26. The van der Waals surface area contributed by atoms with Crippen LogP contribution < -0.4 is 10.1 Å². The van der Waals surface area contributed by atoms with Gasteiger partial charge in [-0.25, -0.2) is 22.4 Å². The van der Waals surface area contributed by atoms with Crippen LogP contribution in [0.4, 0.5) is 5.95 Å². The van der Waals surface area contributed by atoms with Gasteiger partial charge in [0.25, 0.3) is 0 Å². The summed E-state index contributed by atoms with van der Waals surface area (Å²) in [5.41, 5.74) is 1.91. The second-order valence-corrected chi connectivity index (χ2v) is 9.66. The first-order chi connectivity index (χ1) is 15.3. The highest BCUT2D eigenvalue weighted by atomic mass is 32.2. The molecule has 1 atom stereocenters. The van der Waals surface area contributed by atoms with Crippen LogP contribution in [0.2, 0.25) is 0 Å². The van der Waals surface area contributed by atoms with Crippen molar-refractivity contribution in [2.45, 2.75) is 39.0 Å². The number of nitrogens with one attached hydrogen (secondary N) is 1. The van der Waals surface area contributed by atoms with Gasteiger partial charge in [-0.05, 0) is 26.7 Å². The van der Waals surface area contributed by atoms with Crippen LogP contribution in [0.25, 0.3) is 16.9 Å². The van der Waals surface area contributed by atoms with E-state index in [2.05, 4.69) is 25.5 Å². The molecule has 0 aromatic carbocycles. The van der Waals surface area contributed by atoms with Gasteiger partial charge in [0.05, 0.1) is 19.6 Å². The maximum atomic E-state index is 11.7. The minimum Gasteiger partial charge on any atom is -0.491 e. The maximum Gasteiger partial charge on any atom is 0.243 e. The Hall–Kier alpha value is -2.77. The average molecular weight is 465 g/mol. The smallest absolute Gasteiger partial charge is 0.243 e. The third-order valence-electron chi connectivity index (χ3n) is 5.46. The summed E-state index contributed by atoms with van der Waals surface area (Å²) < 4.78 is 39.4. The molecule has 12 nitrogen and oxygen atoms in total. The molecule has 1 fully saturated rings. The summed E-state index contributed by atoms with van der Waals surface area (Å²) in [6.07, 6.45) is 7.56. The standard InChI is InChI=1S/C19H28N8O4S/c1-5-31-13(2)26-11-14(10-21-26)16-17(30-3)18-23-19(24-27(18)12-20-16)22-15-6-8-25(9-7-15)32(4,28)29/h10-13,15H,5-9H2,1-4H3,(H,22,24). The molecule has 13 heteroatoms. The zero-order valence-electron chi connectivity index (χ0n) is 18.6. The molecule has 1 aliphatic rings. The van der Waals surface area contributed by atoms with Crippen molar-refractivity contribution < 1.29 is 17.9 Å². The molecule has 0 spiro atoms. The van der Waals surface area contributed by atoms with E-state index in [0.29, 0.717) is 55.6 Å². The maximum absolute atomic E-state index is 11.7. The van der Waals surface area contributed by atoms with Crippen molar-refractivity contribution in [2.75, 3.05) is 38.4 Å². The second-order valence-electron chi connectivity index (χ2n) is 7.67. The molecule has 3 aromatic rings. The first-order valence-corrected chi connectivity index (χ1v) is 12.3. The van der Waals surface area contributed by atoms with E-state index >= 15 is 0 Å². The summed E-state index contributed by atoms with van der Waals surface area (Å²) in [5, 5.41) is 12.1. The molecule has 4 rings (SSSR count). The number of hydrogen-bond donors (Lipinski definition) is 1. The number of piperidine rings is 1. The van der Waals surface area contributed by atoms with Crippen LogP contribution in [0.1, 0.15) is 32.9 Å². The zero-order chi connectivity index (χ0) is 22.9. The van der Waals surface area contributed by atoms with Crippen LogP contribution in [0.5, 0.6) is 5.75 Å². The predicted octanol–water partition coefficient (Wildman–Crippen LogP) is 1.39. The molecule has 1 N–H and O–H groups in total. The number of ether oxygens (including phenoxy) is 2.